The van der Waals surface area contributed by atoms with E-state index in [9.17, 15) is 15.2 Å². The number of carboxylic acid groups (broad SMARTS) is 1. The lowest BCUT2D eigenvalue weighted by atomic mass is 9.86. The molecule has 0 amide bonds. The van der Waals surface area contributed by atoms with Crippen LogP contribution in [-0.4, -0.2) is 20.6 Å². The highest BCUT2D eigenvalue weighted by atomic mass is 32.1. The van der Waals surface area contributed by atoms with Crippen molar-refractivity contribution >= 4 is 52.6 Å². The number of thiazole rings is 1. The maximum absolute atomic E-state index is 11.4. The Kier molecular flexibility index (Phi) is 12.0. The summed E-state index contributed by atoms with van der Waals surface area (Å²) in [4.78, 5) is 18.9. The molecule has 0 saturated carbocycles. The van der Waals surface area contributed by atoms with Gasteiger partial charge in [-0.3, -0.25) is 0 Å². The number of nitrogens with zero attached hydrogens (tertiary/aromatic N) is 4. The molecule has 6 nitrogen and oxygen atoms in total. The van der Waals surface area contributed by atoms with Gasteiger partial charge in [-0.15, -0.1) is 11.3 Å². The number of unbranched alkanes of at least 4 members (excludes halogenated alkanes) is 3. The number of aliphatic carboxylic acids is 1. The van der Waals surface area contributed by atoms with Crippen molar-refractivity contribution < 1.29 is 9.90 Å². The highest BCUT2D eigenvalue weighted by Crippen LogP contribution is 2.37. The summed E-state index contributed by atoms with van der Waals surface area (Å²) in [5.41, 5.74) is 8.91. The van der Waals surface area contributed by atoms with Crippen molar-refractivity contribution in [3.63, 3.8) is 0 Å². The lowest BCUT2D eigenvalue weighted by molar-refractivity contribution is -0.132. The van der Waals surface area contributed by atoms with Crippen LogP contribution >= 0.6 is 11.3 Å². The Hall–Kier alpha value is -5.19. The average Bonchev–Trinajstić information content (AvgIpc) is 3.75. The molecule has 2 aromatic heterocycles. The van der Waals surface area contributed by atoms with E-state index in [4.69, 9.17) is 0 Å². The van der Waals surface area contributed by atoms with Crippen LogP contribution in [0.4, 0.5) is 17.1 Å². The predicted molar refractivity (Wildman–Crippen MR) is 218 cm³/mol. The van der Waals surface area contributed by atoms with E-state index in [0.29, 0.717) is 4.88 Å². The lowest BCUT2D eigenvalue weighted by Crippen LogP contribution is -2.14. The van der Waals surface area contributed by atoms with E-state index in [1.807, 2.05) is 0 Å². The number of carbonyl (C=O) groups is 1. The van der Waals surface area contributed by atoms with E-state index in [1.165, 1.54) is 35.0 Å². The lowest BCUT2D eigenvalue weighted by Gasteiger charge is -2.28. The van der Waals surface area contributed by atoms with Crippen LogP contribution in [0.3, 0.4) is 0 Å². The molecule has 1 N–H and O–H groups in total. The molecule has 5 rings (SSSR count). The van der Waals surface area contributed by atoms with Gasteiger partial charge < -0.3 is 14.6 Å². The first kappa shape index (κ1) is 38.1. The number of anilines is 3. The molecule has 0 bridgehead atoms. The molecular formula is C45H50N4O2S. The Morgan fingerprint density at radius 2 is 1.37 bits per heavy atom. The number of nitriles is 1. The summed E-state index contributed by atoms with van der Waals surface area (Å²) in [6.07, 6.45) is 11.8. The Morgan fingerprint density at radius 3 is 1.87 bits per heavy atom. The van der Waals surface area contributed by atoms with Gasteiger partial charge in [0.1, 0.15) is 16.6 Å². The van der Waals surface area contributed by atoms with Gasteiger partial charge in [0.15, 0.2) is 0 Å². The van der Waals surface area contributed by atoms with E-state index < -0.39 is 5.97 Å². The molecule has 0 aliphatic rings. The number of hydrogen-bond donors (Lipinski definition) is 1. The summed E-state index contributed by atoms with van der Waals surface area (Å²) in [6.45, 7) is 16.5. The first-order valence-electron chi connectivity index (χ1n) is 18.1. The molecule has 0 aliphatic heterocycles. The second-order valence-electron chi connectivity index (χ2n) is 15.3. The van der Waals surface area contributed by atoms with Gasteiger partial charge in [0.05, 0.1) is 5.69 Å². The van der Waals surface area contributed by atoms with Crippen LogP contribution < -0.4 is 4.90 Å². The number of rotatable bonds is 13. The number of benzene rings is 3. The summed E-state index contributed by atoms with van der Waals surface area (Å²) in [7, 11) is 0. The summed E-state index contributed by atoms with van der Waals surface area (Å²) >= 11 is 1.39. The highest BCUT2D eigenvalue weighted by molar-refractivity contribution is 7.15. The van der Waals surface area contributed by atoms with Crippen LogP contribution in [0.2, 0.25) is 0 Å². The molecule has 3 aromatic carbocycles. The van der Waals surface area contributed by atoms with Crippen molar-refractivity contribution in [1.82, 2.24) is 9.55 Å². The van der Waals surface area contributed by atoms with Crippen LogP contribution in [0, 0.1) is 11.3 Å². The largest absolute Gasteiger partial charge is 0.477 e. The van der Waals surface area contributed by atoms with Gasteiger partial charge in [-0.1, -0.05) is 110 Å². The van der Waals surface area contributed by atoms with Gasteiger partial charge in [-0.2, -0.15) is 5.26 Å². The van der Waals surface area contributed by atoms with Crippen molar-refractivity contribution in [3.8, 4) is 16.8 Å². The minimum absolute atomic E-state index is 0.0758. The zero-order valence-electron chi connectivity index (χ0n) is 31.5. The van der Waals surface area contributed by atoms with E-state index in [0.717, 1.165) is 64.8 Å². The maximum atomic E-state index is 11.4. The first-order chi connectivity index (χ1) is 24.8. The van der Waals surface area contributed by atoms with Crippen LogP contribution in [-0.2, 0) is 22.2 Å². The van der Waals surface area contributed by atoms with E-state index in [1.54, 1.807) is 12.3 Å². The Labute approximate surface area is 313 Å². The van der Waals surface area contributed by atoms with Crippen molar-refractivity contribution in [2.45, 2.75) is 91.5 Å². The summed E-state index contributed by atoms with van der Waals surface area (Å²) in [5.74, 6) is -1.24. The number of carboxylic acids is 1. The van der Waals surface area contributed by atoms with Crippen molar-refractivity contribution in [3.05, 3.63) is 124 Å². The van der Waals surface area contributed by atoms with Gasteiger partial charge in [0, 0.05) is 40.4 Å². The molecule has 0 atom stereocenters. The predicted octanol–water partition coefficient (Wildman–Crippen LogP) is 12.4. The second kappa shape index (κ2) is 16.4. The fraction of sp³-hybridized carbons (Fsp3) is 0.311. The molecule has 0 aliphatic carbocycles. The smallest absolute Gasteiger partial charge is 0.346 e. The molecule has 0 spiro atoms. The topological polar surface area (TPSA) is 82.2 Å². The second-order valence-corrected chi connectivity index (χ2v) is 16.3. The zero-order chi connectivity index (χ0) is 37.5. The fourth-order valence-electron chi connectivity index (χ4n) is 6.10. The normalized spacial score (nSPS) is 12.3. The van der Waals surface area contributed by atoms with Crippen LogP contribution in [0.1, 0.15) is 101 Å². The van der Waals surface area contributed by atoms with Crippen LogP contribution in [0.5, 0.6) is 0 Å². The molecule has 0 saturated heterocycles. The summed E-state index contributed by atoms with van der Waals surface area (Å²) in [6, 6.07) is 32.4. The first-order valence-corrected chi connectivity index (χ1v) is 18.9. The molecule has 52 heavy (non-hydrogen) atoms. The van der Waals surface area contributed by atoms with Gasteiger partial charge in [-0.05, 0) is 94.6 Å². The molecule has 0 unspecified atom stereocenters. The Bertz CT molecular complexity index is 2000. The minimum atomic E-state index is -1.24. The number of hydrogen-bond acceptors (Lipinski definition) is 5. The Balaban J connectivity index is 1.45. The highest BCUT2D eigenvalue weighted by Gasteiger charge is 2.19. The maximum Gasteiger partial charge on any atom is 0.346 e. The van der Waals surface area contributed by atoms with Crippen molar-refractivity contribution in [2.24, 2.45) is 0 Å². The molecule has 2 heterocycles. The van der Waals surface area contributed by atoms with Gasteiger partial charge in [0.2, 0.25) is 0 Å². The summed E-state index contributed by atoms with van der Waals surface area (Å²) in [5, 5.41) is 19.3. The third kappa shape index (κ3) is 9.37. The molecular weight excluding hydrogens is 661 g/mol. The quantitative estimate of drug-likeness (QED) is 0.0747. The van der Waals surface area contributed by atoms with Crippen LogP contribution in [0.25, 0.3) is 28.9 Å². The van der Waals surface area contributed by atoms with Crippen molar-refractivity contribution in [1.29, 1.82) is 5.26 Å². The molecule has 0 radical (unpaired) electrons. The third-order valence-corrected chi connectivity index (χ3v) is 10.2. The van der Waals surface area contributed by atoms with Gasteiger partial charge >= 0.3 is 5.97 Å². The Morgan fingerprint density at radius 1 is 0.808 bits per heavy atom. The number of aromatic nitrogens is 2. The molecule has 0 fully saturated rings. The van der Waals surface area contributed by atoms with Gasteiger partial charge in [0.25, 0.3) is 0 Å². The third-order valence-electron chi connectivity index (χ3n) is 9.21. The van der Waals surface area contributed by atoms with E-state index >= 15 is 0 Å². The standard InChI is InChI=1S/C45H50N4O2S/c1-8-9-10-11-28-48-36(26-27-41(48)42-47-31-40(52-42)29-33(30-46)43(50)51)19-12-32-13-20-37(21-14-32)49(38-22-15-34(16-23-38)44(2,3)4)39-24-17-35(18-25-39)45(5,6)7/h12-27,29,31H,8-11,28H2,1-7H3,(H,50,51). The zero-order valence-corrected chi connectivity index (χ0v) is 32.3. The molecule has 5 aromatic rings. The minimum Gasteiger partial charge on any atom is -0.477 e. The van der Waals surface area contributed by atoms with Crippen molar-refractivity contribution in [2.75, 3.05) is 4.90 Å². The summed E-state index contributed by atoms with van der Waals surface area (Å²) < 4.78 is 2.29. The van der Waals surface area contributed by atoms with E-state index in [2.05, 4.69) is 160 Å². The average molecular weight is 711 g/mol. The molecule has 7 heteroatoms. The SMILES string of the molecule is CCCCCCn1c(C=Cc2ccc(N(c3ccc(C(C)(C)C)cc3)c3ccc(C(C)(C)C)cc3)cc2)ccc1-c1ncc(C=C(C#N)C(=O)O)s1. The molecule has 268 valence electrons. The fourth-order valence-corrected chi connectivity index (χ4v) is 7.00. The van der Waals surface area contributed by atoms with Gasteiger partial charge in [-0.25, -0.2) is 9.78 Å². The van der Waals surface area contributed by atoms with E-state index in [-0.39, 0.29) is 16.4 Å². The monoisotopic (exact) mass is 710 g/mol. The van der Waals surface area contributed by atoms with Crippen LogP contribution in [0.15, 0.2) is 96.7 Å².